The molecule has 1 unspecified atom stereocenters. The summed E-state index contributed by atoms with van der Waals surface area (Å²) in [5.74, 6) is -1.20. The maximum atomic E-state index is 12.7. The summed E-state index contributed by atoms with van der Waals surface area (Å²) in [5.41, 5.74) is 10.4. The minimum Gasteiger partial charge on any atom is -0.347 e. The molecule has 2 aliphatic rings. The SMILES string of the molecule is C[C@H](N)C(=O)NC(C)(S)C(=O)N[C@@]1(C)CN(S(=O)(=O)N[C@@H]2C[C@H]2N)C[C@@H]1C. The fourth-order valence-electron chi connectivity index (χ4n) is 2.85. The summed E-state index contributed by atoms with van der Waals surface area (Å²) in [4.78, 5) is 23.0. The van der Waals surface area contributed by atoms with Gasteiger partial charge in [-0.05, 0) is 33.1 Å². The molecule has 0 bridgehead atoms. The molecule has 0 spiro atoms. The highest BCUT2D eigenvalue weighted by Gasteiger charge is 2.49. The monoisotopic (exact) mass is 422 g/mol. The van der Waals surface area contributed by atoms with Gasteiger partial charge in [0.05, 0.1) is 11.6 Å². The van der Waals surface area contributed by atoms with Crippen LogP contribution in [0.3, 0.4) is 0 Å². The van der Waals surface area contributed by atoms with Crippen LogP contribution in [0.25, 0.3) is 0 Å². The average molecular weight is 423 g/mol. The van der Waals surface area contributed by atoms with Crippen molar-refractivity contribution in [1.29, 1.82) is 0 Å². The molecular weight excluding hydrogens is 392 g/mol. The van der Waals surface area contributed by atoms with Gasteiger partial charge in [-0.2, -0.15) is 17.4 Å². The molecule has 1 aliphatic carbocycles. The zero-order valence-electron chi connectivity index (χ0n) is 16.0. The number of rotatable bonds is 7. The van der Waals surface area contributed by atoms with Crippen molar-refractivity contribution in [2.45, 2.75) is 62.7 Å². The van der Waals surface area contributed by atoms with Crippen LogP contribution in [0.15, 0.2) is 0 Å². The summed E-state index contributed by atoms with van der Waals surface area (Å²) in [6.45, 7) is 6.92. The Labute approximate surface area is 165 Å². The van der Waals surface area contributed by atoms with Crippen LogP contribution in [-0.2, 0) is 19.8 Å². The predicted molar refractivity (Wildman–Crippen MR) is 105 cm³/mol. The van der Waals surface area contributed by atoms with E-state index in [1.54, 1.807) is 6.92 Å². The van der Waals surface area contributed by atoms with Gasteiger partial charge in [-0.25, -0.2) is 0 Å². The Morgan fingerprint density at radius 2 is 1.96 bits per heavy atom. The first-order chi connectivity index (χ1) is 12.2. The van der Waals surface area contributed by atoms with Crippen LogP contribution < -0.4 is 26.8 Å². The first-order valence-corrected chi connectivity index (χ1v) is 10.7. The number of thiol groups is 1. The molecule has 12 heteroatoms. The van der Waals surface area contributed by atoms with E-state index in [9.17, 15) is 18.0 Å². The van der Waals surface area contributed by atoms with Gasteiger partial charge in [0, 0.05) is 25.2 Å². The van der Waals surface area contributed by atoms with Crippen LogP contribution >= 0.6 is 12.6 Å². The van der Waals surface area contributed by atoms with E-state index in [1.807, 2.05) is 6.92 Å². The molecule has 1 heterocycles. The maximum absolute atomic E-state index is 12.7. The van der Waals surface area contributed by atoms with Crippen molar-refractivity contribution >= 4 is 34.7 Å². The van der Waals surface area contributed by atoms with Gasteiger partial charge in [-0.15, -0.1) is 12.6 Å². The average Bonchev–Trinajstić information content (AvgIpc) is 3.09. The lowest BCUT2D eigenvalue weighted by molar-refractivity contribution is -0.131. The lowest BCUT2D eigenvalue weighted by atomic mass is 9.90. The van der Waals surface area contributed by atoms with Crippen molar-refractivity contribution < 1.29 is 18.0 Å². The second-order valence-electron chi connectivity index (χ2n) is 8.04. The normalized spacial score (nSPS) is 34.6. The van der Waals surface area contributed by atoms with Gasteiger partial charge in [0.25, 0.3) is 16.1 Å². The zero-order valence-corrected chi connectivity index (χ0v) is 17.7. The van der Waals surface area contributed by atoms with Crippen LogP contribution in [0, 0.1) is 5.92 Å². The number of nitrogens with two attached hydrogens (primary N) is 2. The van der Waals surface area contributed by atoms with Crippen molar-refractivity contribution in [2.24, 2.45) is 17.4 Å². The van der Waals surface area contributed by atoms with Gasteiger partial charge in [0.2, 0.25) is 5.91 Å². The van der Waals surface area contributed by atoms with Crippen LogP contribution in [0.4, 0.5) is 0 Å². The van der Waals surface area contributed by atoms with E-state index >= 15 is 0 Å². The Morgan fingerprint density at radius 1 is 1.41 bits per heavy atom. The van der Waals surface area contributed by atoms with Crippen LogP contribution in [0.5, 0.6) is 0 Å². The topological polar surface area (TPSA) is 160 Å². The Hall–Kier alpha value is -0.920. The summed E-state index contributed by atoms with van der Waals surface area (Å²) in [5, 5.41) is 5.31. The molecule has 0 aromatic rings. The first kappa shape index (κ1) is 22.4. The Bertz CT molecular complexity index is 713. The number of carbonyl (C=O) groups is 2. The number of nitrogens with zero attached hydrogens (tertiary/aromatic N) is 1. The summed E-state index contributed by atoms with van der Waals surface area (Å²) in [7, 11) is -3.69. The van der Waals surface area contributed by atoms with Gasteiger partial charge in [-0.3, -0.25) is 9.59 Å². The third-order valence-electron chi connectivity index (χ3n) is 5.17. The van der Waals surface area contributed by atoms with Gasteiger partial charge in [0.1, 0.15) is 0 Å². The van der Waals surface area contributed by atoms with Crippen molar-refractivity contribution in [2.75, 3.05) is 13.1 Å². The van der Waals surface area contributed by atoms with Gasteiger partial charge < -0.3 is 22.1 Å². The molecule has 0 aromatic carbocycles. The smallest absolute Gasteiger partial charge is 0.279 e. The van der Waals surface area contributed by atoms with E-state index in [0.29, 0.717) is 6.42 Å². The molecule has 156 valence electrons. The van der Waals surface area contributed by atoms with Gasteiger partial charge >= 0.3 is 0 Å². The molecule has 2 rings (SSSR count). The predicted octanol–water partition coefficient (Wildman–Crippen LogP) is -2.14. The molecule has 0 radical (unpaired) electrons. The quantitative estimate of drug-likeness (QED) is 0.203. The second kappa shape index (κ2) is 7.48. The fraction of sp³-hybridized carbons (Fsp3) is 0.867. The van der Waals surface area contributed by atoms with Crippen molar-refractivity contribution in [3.63, 3.8) is 0 Å². The highest BCUT2D eigenvalue weighted by Crippen LogP contribution is 2.31. The second-order valence-corrected chi connectivity index (χ2v) is 10.6. The minimum absolute atomic E-state index is 0.0995. The van der Waals surface area contributed by atoms with Crippen LogP contribution in [0.2, 0.25) is 0 Å². The van der Waals surface area contributed by atoms with E-state index in [2.05, 4.69) is 28.0 Å². The Kier molecular flexibility index (Phi) is 6.20. The van der Waals surface area contributed by atoms with Crippen LogP contribution in [-0.4, -0.2) is 66.2 Å². The third kappa shape index (κ3) is 5.12. The molecule has 1 saturated heterocycles. The van der Waals surface area contributed by atoms with Gasteiger partial charge in [-0.1, -0.05) is 6.92 Å². The van der Waals surface area contributed by atoms with E-state index in [0.717, 1.165) is 0 Å². The van der Waals surface area contributed by atoms with E-state index in [1.165, 1.54) is 18.2 Å². The Balaban J connectivity index is 2.04. The maximum Gasteiger partial charge on any atom is 0.279 e. The summed E-state index contributed by atoms with van der Waals surface area (Å²) < 4.78 is 28.9. The third-order valence-corrected chi connectivity index (χ3v) is 7.04. The van der Waals surface area contributed by atoms with E-state index in [-0.39, 0.29) is 31.1 Å². The zero-order chi connectivity index (χ0) is 20.8. The van der Waals surface area contributed by atoms with Gasteiger partial charge in [0.15, 0.2) is 4.87 Å². The number of amides is 2. The highest BCUT2D eigenvalue weighted by atomic mass is 32.2. The molecule has 10 nitrogen and oxygen atoms in total. The van der Waals surface area contributed by atoms with Crippen molar-refractivity contribution in [3.05, 3.63) is 0 Å². The molecule has 0 aromatic heterocycles. The molecular formula is C15H30N6O4S2. The van der Waals surface area contributed by atoms with Crippen LogP contribution in [0.1, 0.15) is 34.1 Å². The Morgan fingerprint density at radius 3 is 2.44 bits per heavy atom. The lowest BCUT2D eigenvalue weighted by Crippen LogP contribution is -2.62. The molecule has 2 amide bonds. The number of nitrogens with one attached hydrogen (secondary N) is 3. The summed E-state index contributed by atoms with van der Waals surface area (Å²) >= 11 is 4.24. The van der Waals surface area contributed by atoms with E-state index < -0.39 is 38.5 Å². The highest BCUT2D eigenvalue weighted by molar-refractivity contribution is 7.87. The number of hydrogen-bond donors (Lipinski definition) is 6. The molecule has 2 fully saturated rings. The first-order valence-electron chi connectivity index (χ1n) is 8.83. The molecule has 6 atom stereocenters. The summed E-state index contributed by atoms with van der Waals surface area (Å²) in [6, 6.07) is -1.17. The number of carbonyl (C=O) groups excluding carboxylic acids is 2. The largest absolute Gasteiger partial charge is 0.347 e. The minimum atomic E-state index is -3.69. The molecule has 27 heavy (non-hydrogen) atoms. The van der Waals surface area contributed by atoms with Crippen molar-refractivity contribution in [3.8, 4) is 0 Å². The number of hydrogen-bond acceptors (Lipinski definition) is 7. The standard InChI is InChI=1S/C15H30N6O4S2/c1-8-6-21(27(24,25)20-11-5-10(11)17)7-14(8,3)19-13(23)15(4,26)18-12(22)9(2)16/h8-11,20,26H,5-7,16-17H2,1-4H3,(H,18,22)(H,19,23)/t8-,9-,10+,11+,14-,15?/m0/s1. The molecule has 7 N–H and O–H groups in total. The molecule has 1 saturated carbocycles. The van der Waals surface area contributed by atoms with Crippen molar-refractivity contribution in [1.82, 2.24) is 19.7 Å². The summed E-state index contributed by atoms with van der Waals surface area (Å²) in [6.07, 6.45) is 0.619. The molecule has 1 aliphatic heterocycles. The fourth-order valence-corrected chi connectivity index (χ4v) is 4.67. The van der Waals surface area contributed by atoms with E-state index in [4.69, 9.17) is 11.5 Å². The lowest BCUT2D eigenvalue weighted by Gasteiger charge is -2.34.